The van der Waals surface area contributed by atoms with Crippen molar-refractivity contribution in [3.8, 4) is 0 Å². The molecule has 2 rings (SSSR count). The molecule has 0 aliphatic carbocycles. The van der Waals surface area contributed by atoms with E-state index in [0.717, 1.165) is 14.9 Å². The van der Waals surface area contributed by atoms with Gasteiger partial charge in [-0.15, -0.1) is 11.3 Å². The van der Waals surface area contributed by atoms with Gasteiger partial charge in [0.05, 0.1) is 16.4 Å². The molecule has 5 heteroatoms. The van der Waals surface area contributed by atoms with Gasteiger partial charge in [0.2, 0.25) is 0 Å². The van der Waals surface area contributed by atoms with Crippen molar-refractivity contribution in [1.82, 2.24) is 5.32 Å². The molecular formula is C13H13ClN2OS. The summed E-state index contributed by atoms with van der Waals surface area (Å²) in [5.74, 6) is -0.0931. The van der Waals surface area contributed by atoms with E-state index in [4.69, 9.17) is 11.6 Å². The van der Waals surface area contributed by atoms with Crippen molar-refractivity contribution in [2.24, 2.45) is 0 Å². The summed E-state index contributed by atoms with van der Waals surface area (Å²) in [5, 5.41) is 5.88. The van der Waals surface area contributed by atoms with E-state index in [-0.39, 0.29) is 5.91 Å². The van der Waals surface area contributed by atoms with Crippen molar-refractivity contribution in [3.63, 3.8) is 0 Å². The maximum Gasteiger partial charge on any atom is 0.253 e. The molecule has 0 saturated heterocycles. The molecule has 1 aromatic carbocycles. The van der Waals surface area contributed by atoms with Crippen molar-refractivity contribution < 1.29 is 4.79 Å². The van der Waals surface area contributed by atoms with E-state index in [1.165, 1.54) is 11.3 Å². The lowest BCUT2D eigenvalue weighted by Crippen LogP contribution is -2.23. The molecule has 1 amide bonds. The summed E-state index contributed by atoms with van der Waals surface area (Å²) in [6, 6.07) is 11.1. The lowest BCUT2D eigenvalue weighted by Gasteiger charge is -2.08. The number of hydrogen-bond donors (Lipinski definition) is 2. The SMILES string of the molecule is CNc1ccccc1C(=O)NCc1ccc(Cl)s1. The van der Waals surface area contributed by atoms with Crippen molar-refractivity contribution >= 4 is 34.5 Å². The van der Waals surface area contributed by atoms with Gasteiger partial charge in [0, 0.05) is 17.6 Å². The van der Waals surface area contributed by atoms with Crippen LogP contribution in [0.5, 0.6) is 0 Å². The van der Waals surface area contributed by atoms with Gasteiger partial charge in [-0.2, -0.15) is 0 Å². The standard InChI is InChI=1S/C13H13ClN2OS/c1-15-11-5-3-2-4-10(11)13(17)16-8-9-6-7-12(14)18-9/h2-7,15H,8H2,1H3,(H,16,17). The van der Waals surface area contributed by atoms with Crippen LogP contribution in [0.25, 0.3) is 0 Å². The monoisotopic (exact) mass is 280 g/mol. The molecule has 2 N–H and O–H groups in total. The third-order valence-corrected chi connectivity index (χ3v) is 3.72. The third-order valence-electron chi connectivity index (χ3n) is 2.49. The van der Waals surface area contributed by atoms with Crippen LogP contribution in [0.3, 0.4) is 0 Å². The number of rotatable bonds is 4. The first-order valence-corrected chi connectivity index (χ1v) is 6.69. The zero-order valence-electron chi connectivity index (χ0n) is 9.87. The second kappa shape index (κ2) is 5.89. The first-order chi connectivity index (χ1) is 8.70. The fourth-order valence-corrected chi connectivity index (χ4v) is 2.64. The van der Waals surface area contributed by atoms with Crippen LogP contribution in [-0.4, -0.2) is 13.0 Å². The summed E-state index contributed by atoms with van der Waals surface area (Å²) in [7, 11) is 1.80. The summed E-state index contributed by atoms with van der Waals surface area (Å²) < 4.78 is 0.731. The average molecular weight is 281 g/mol. The lowest BCUT2D eigenvalue weighted by molar-refractivity contribution is 0.0952. The van der Waals surface area contributed by atoms with Crippen LogP contribution in [0.4, 0.5) is 5.69 Å². The Kier molecular flexibility index (Phi) is 4.23. The molecule has 0 saturated carbocycles. The Balaban J connectivity index is 2.03. The average Bonchev–Trinajstić information content (AvgIpc) is 2.81. The van der Waals surface area contributed by atoms with E-state index in [0.29, 0.717) is 12.1 Å². The highest BCUT2D eigenvalue weighted by molar-refractivity contribution is 7.16. The topological polar surface area (TPSA) is 41.1 Å². The quantitative estimate of drug-likeness (QED) is 0.901. The summed E-state index contributed by atoms with van der Waals surface area (Å²) in [5.41, 5.74) is 1.46. The van der Waals surface area contributed by atoms with Crippen LogP contribution < -0.4 is 10.6 Å². The zero-order chi connectivity index (χ0) is 13.0. The summed E-state index contributed by atoms with van der Waals surface area (Å²) in [6.45, 7) is 0.494. The highest BCUT2D eigenvalue weighted by Crippen LogP contribution is 2.21. The number of carbonyl (C=O) groups is 1. The molecule has 0 unspecified atom stereocenters. The van der Waals surface area contributed by atoms with E-state index in [2.05, 4.69) is 10.6 Å². The van der Waals surface area contributed by atoms with Gasteiger partial charge in [0.1, 0.15) is 0 Å². The van der Waals surface area contributed by atoms with Gasteiger partial charge in [-0.1, -0.05) is 23.7 Å². The molecule has 1 aromatic heterocycles. The van der Waals surface area contributed by atoms with Crippen LogP contribution in [0.15, 0.2) is 36.4 Å². The van der Waals surface area contributed by atoms with E-state index in [1.807, 2.05) is 30.3 Å². The molecule has 0 radical (unpaired) electrons. The molecule has 0 aliphatic heterocycles. The number of thiophene rings is 1. The van der Waals surface area contributed by atoms with Crippen LogP contribution in [0.1, 0.15) is 15.2 Å². The number of hydrogen-bond acceptors (Lipinski definition) is 3. The van der Waals surface area contributed by atoms with E-state index >= 15 is 0 Å². The summed E-state index contributed by atoms with van der Waals surface area (Å²) in [4.78, 5) is 13.1. The first kappa shape index (κ1) is 12.9. The van der Waals surface area contributed by atoms with Crippen LogP contribution in [0, 0.1) is 0 Å². The van der Waals surface area contributed by atoms with Gasteiger partial charge in [-0.25, -0.2) is 0 Å². The Morgan fingerprint density at radius 1 is 1.28 bits per heavy atom. The second-order valence-electron chi connectivity index (χ2n) is 3.68. The normalized spacial score (nSPS) is 10.1. The Hall–Kier alpha value is -1.52. The molecule has 3 nitrogen and oxygen atoms in total. The van der Waals surface area contributed by atoms with Crippen LogP contribution in [-0.2, 0) is 6.54 Å². The molecular weight excluding hydrogens is 268 g/mol. The Morgan fingerprint density at radius 3 is 2.72 bits per heavy atom. The number of halogens is 1. The molecule has 0 aliphatic rings. The molecule has 0 bridgehead atoms. The Morgan fingerprint density at radius 2 is 2.06 bits per heavy atom. The maximum absolute atomic E-state index is 12.0. The van der Waals surface area contributed by atoms with E-state index in [1.54, 1.807) is 13.1 Å². The first-order valence-electron chi connectivity index (χ1n) is 5.50. The number of amides is 1. The van der Waals surface area contributed by atoms with Crippen molar-refractivity contribution in [3.05, 3.63) is 51.2 Å². The molecule has 94 valence electrons. The maximum atomic E-state index is 12.0. The molecule has 0 fully saturated rings. The predicted molar refractivity (Wildman–Crippen MR) is 76.5 cm³/mol. The van der Waals surface area contributed by atoms with Gasteiger partial charge < -0.3 is 10.6 Å². The number of nitrogens with one attached hydrogen (secondary N) is 2. The number of anilines is 1. The fourth-order valence-electron chi connectivity index (χ4n) is 1.61. The Labute approximate surface area is 115 Å². The van der Waals surface area contributed by atoms with Crippen LogP contribution >= 0.6 is 22.9 Å². The van der Waals surface area contributed by atoms with Crippen molar-refractivity contribution in [2.75, 3.05) is 12.4 Å². The zero-order valence-corrected chi connectivity index (χ0v) is 11.4. The third kappa shape index (κ3) is 3.03. The largest absolute Gasteiger partial charge is 0.387 e. The molecule has 0 atom stereocenters. The highest BCUT2D eigenvalue weighted by atomic mass is 35.5. The second-order valence-corrected chi connectivity index (χ2v) is 5.48. The number of benzene rings is 1. The lowest BCUT2D eigenvalue weighted by atomic mass is 10.1. The van der Waals surface area contributed by atoms with E-state index < -0.39 is 0 Å². The summed E-state index contributed by atoms with van der Waals surface area (Å²) >= 11 is 7.31. The van der Waals surface area contributed by atoms with Gasteiger partial charge in [0.25, 0.3) is 5.91 Å². The Bertz CT molecular complexity index is 553. The molecule has 1 heterocycles. The fraction of sp³-hybridized carbons (Fsp3) is 0.154. The van der Waals surface area contributed by atoms with Crippen LogP contribution in [0.2, 0.25) is 4.34 Å². The van der Waals surface area contributed by atoms with Gasteiger partial charge >= 0.3 is 0 Å². The van der Waals surface area contributed by atoms with Gasteiger partial charge in [0.15, 0.2) is 0 Å². The molecule has 18 heavy (non-hydrogen) atoms. The van der Waals surface area contributed by atoms with E-state index in [9.17, 15) is 4.79 Å². The van der Waals surface area contributed by atoms with Crippen molar-refractivity contribution in [1.29, 1.82) is 0 Å². The predicted octanol–water partition coefficient (Wildman–Crippen LogP) is 3.37. The number of carbonyl (C=O) groups excluding carboxylic acids is 1. The minimum absolute atomic E-state index is 0.0931. The molecule has 0 spiro atoms. The summed E-state index contributed by atoms with van der Waals surface area (Å²) in [6.07, 6.45) is 0. The minimum atomic E-state index is -0.0931. The smallest absolute Gasteiger partial charge is 0.253 e. The van der Waals surface area contributed by atoms with Crippen molar-refractivity contribution in [2.45, 2.75) is 6.54 Å². The molecule has 2 aromatic rings. The minimum Gasteiger partial charge on any atom is -0.387 e. The number of para-hydroxylation sites is 1. The van der Waals surface area contributed by atoms with Gasteiger partial charge in [-0.05, 0) is 24.3 Å². The highest BCUT2D eigenvalue weighted by Gasteiger charge is 2.09. The van der Waals surface area contributed by atoms with Gasteiger partial charge in [-0.3, -0.25) is 4.79 Å².